The smallest absolute Gasteiger partial charge is 0.0434 e. The molecule has 3 nitrogen and oxygen atoms in total. The highest BCUT2D eigenvalue weighted by Crippen LogP contribution is 2.19. The number of hydrogen-bond acceptors (Lipinski definition) is 3. The highest BCUT2D eigenvalue weighted by Gasteiger charge is 2.21. The van der Waals surface area contributed by atoms with Crippen molar-refractivity contribution in [3.63, 3.8) is 0 Å². The summed E-state index contributed by atoms with van der Waals surface area (Å²) in [6.45, 7) is 7.95. The van der Waals surface area contributed by atoms with E-state index in [-0.39, 0.29) is 0 Å². The van der Waals surface area contributed by atoms with E-state index in [9.17, 15) is 0 Å². The van der Waals surface area contributed by atoms with Crippen molar-refractivity contribution in [1.29, 1.82) is 0 Å². The van der Waals surface area contributed by atoms with Crippen molar-refractivity contribution in [1.82, 2.24) is 4.90 Å². The predicted molar refractivity (Wildman–Crippen MR) is 54.4 cm³/mol. The molecular weight excluding hydrogens is 164 g/mol. The van der Waals surface area contributed by atoms with E-state index in [0.29, 0.717) is 19.1 Å². The number of rotatable bonds is 5. The number of nitrogens with two attached hydrogens (primary N) is 1. The first kappa shape index (κ1) is 10.7. The summed E-state index contributed by atoms with van der Waals surface area (Å²) in [4.78, 5) is 2.37. The standard InChI is InChI=1S/C10H20N2O/c1-9(6-11)7-12-4-2-10(8-12)3-5-13/h10,13H,1-8,11H2. The minimum Gasteiger partial charge on any atom is -0.396 e. The van der Waals surface area contributed by atoms with Crippen LogP contribution in [-0.4, -0.2) is 42.8 Å². The van der Waals surface area contributed by atoms with Crippen LogP contribution in [0.4, 0.5) is 0 Å². The fourth-order valence-electron chi connectivity index (χ4n) is 1.86. The fraction of sp³-hybridized carbons (Fsp3) is 0.800. The van der Waals surface area contributed by atoms with Crippen LogP contribution in [0, 0.1) is 5.92 Å². The molecule has 1 saturated heterocycles. The summed E-state index contributed by atoms with van der Waals surface area (Å²) in [7, 11) is 0. The summed E-state index contributed by atoms with van der Waals surface area (Å²) in [5.74, 6) is 0.676. The third kappa shape index (κ3) is 3.46. The Morgan fingerprint density at radius 3 is 3.00 bits per heavy atom. The van der Waals surface area contributed by atoms with Crippen LogP contribution in [-0.2, 0) is 0 Å². The molecule has 1 aliphatic heterocycles. The van der Waals surface area contributed by atoms with Crippen molar-refractivity contribution in [2.24, 2.45) is 11.7 Å². The molecule has 1 aliphatic rings. The molecule has 0 aromatic heterocycles. The van der Waals surface area contributed by atoms with Gasteiger partial charge in [0, 0.05) is 26.2 Å². The Kier molecular flexibility index (Phi) is 4.42. The zero-order chi connectivity index (χ0) is 9.68. The van der Waals surface area contributed by atoms with Crippen molar-refractivity contribution >= 4 is 0 Å². The van der Waals surface area contributed by atoms with Crippen molar-refractivity contribution in [3.8, 4) is 0 Å². The molecule has 1 heterocycles. The van der Waals surface area contributed by atoms with Crippen LogP contribution < -0.4 is 5.73 Å². The lowest BCUT2D eigenvalue weighted by molar-refractivity contribution is 0.253. The van der Waals surface area contributed by atoms with Gasteiger partial charge in [0.15, 0.2) is 0 Å². The number of nitrogens with zero attached hydrogens (tertiary/aromatic N) is 1. The lowest BCUT2D eigenvalue weighted by Gasteiger charge is -2.16. The van der Waals surface area contributed by atoms with Crippen LogP contribution in [0.3, 0.4) is 0 Å². The summed E-state index contributed by atoms with van der Waals surface area (Å²) in [6.07, 6.45) is 2.14. The van der Waals surface area contributed by atoms with Gasteiger partial charge in [0.2, 0.25) is 0 Å². The quantitative estimate of drug-likeness (QED) is 0.600. The second kappa shape index (κ2) is 5.37. The molecular formula is C10H20N2O. The van der Waals surface area contributed by atoms with E-state index in [0.717, 1.165) is 31.6 Å². The van der Waals surface area contributed by atoms with Crippen molar-refractivity contribution in [3.05, 3.63) is 12.2 Å². The first-order valence-electron chi connectivity index (χ1n) is 4.96. The monoisotopic (exact) mass is 184 g/mol. The van der Waals surface area contributed by atoms with E-state index in [1.54, 1.807) is 0 Å². The number of likely N-dealkylation sites (tertiary alicyclic amines) is 1. The second-order valence-corrected chi connectivity index (χ2v) is 3.86. The molecule has 1 fully saturated rings. The van der Waals surface area contributed by atoms with Crippen LogP contribution in [0.25, 0.3) is 0 Å². The van der Waals surface area contributed by atoms with Crippen LogP contribution >= 0.6 is 0 Å². The first-order chi connectivity index (χ1) is 6.26. The van der Waals surface area contributed by atoms with Gasteiger partial charge in [0.25, 0.3) is 0 Å². The number of aliphatic hydroxyl groups excluding tert-OH is 1. The third-order valence-electron chi connectivity index (χ3n) is 2.64. The van der Waals surface area contributed by atoms with Crippen molar-refractivity contribution in [2.75, 3.05) is 32.8 Å². The van der Waals surface area contributed by atoms with E-state index in [1.807, 2.05) is 0 Å². The molecule has 0 aliphatic carbocycles. The van der Waals surface area contributed by atoms with Crippen LogP contribution in [0.1, 0.15) is 12.8 Å². The van der Waals surface area contributed by atoms with E-state index in [2.05, 4.69) is 11.5 Å². The van der Waals surface area contributed by atoms with Crippen LogP contribution in [0.5, 0.6) is 0 Å². The SMILES string of the molecule is C=C(CN)CN1CCC(CCO)C1. The molecule has 0 spiro atoms. The average Bonchev–Trinajstić information content (AvgIpc) is 2.53. The van der Waals surface area contributed by atoms with Crippen LogP contribution in [0.15, 0.2) is 12.2 Å². The average molecular weight is 184 g/mol. The van der Waals surface area contributed by atoms with Gasteiger partial charge in [-0.1, -0.05) is 6.58 Å². The van der Waals surface area contributed by atoms with Gasteiger partial charge < -0.3 is 10.8 Å². The zero-order valence-corrected chi connectivity index (χ0v) is 8.21. The molecule has 1 unspecified atom stereocenters. The Hall–Kier alpha value is -0.380. The molecule has 0 aromatic rings. The molecule has 0 radical (unpaired) electrons. The minimum atomic E-state index is 0.316. The van der Waals surface area contributed by atoms with E-state index >= 15 is 0 Å². The van der Waals surface area contributed by atoms with Gasteiger partial charge in [0.05, 0.1) is 0 Å². The summed E-state index contributed by atoms with van der Waals surface area (Å²) in [5.41, 5.74) is 6.58. The second-order valence-electron chi connectivity index (χ2n) is 3.86. The van der Waals surface area contributed by atoms with Gasteiger partial charge in [-0.2, -0.15) is 0 Å². The summed E-state index contributed by atoms with van der Waals surface area (Å²) >= 11 is 0. The molecule has 0 bridgehead atoms. The highest BCUT2D eigenvalue weighted by atomic mass is 16.3. The fourth-order valence-corrected chi connectivity index (χ4v) is 1.86. The van der Waals surface area contributed by atoms with Gasteiger partial charge >= 0.3 is 0 Å². The first-order valence-corrected chi connectivity index (χ1v) is 4.96. The topological polar surface area (TPSA) is 49.5 Å². The normalized spacial score (nSPS) is 23.7. The third-order valence-corrected chi connectivity index (χ3v) is 2.64. The van der Waals surface area contributed by atoms with E-state index in [4.69, 9.17) is 10.8 Å². The maximum Gasteiger partial charge on any atom is 0.0434 e. The van der Waals surface area contributed by atoms with Crippen LogP contribution in [0.2, 0.25) is 0 Å². The lowest BCUT2D eigenvalue weighted by Crippen LogP contribution is -2.25. The van der Waals surface area contributed by atoms with E-state index < -0.39 is 0 Å². The lowest BCUT2D eigenvalue weighted by atomic mass is 10.1. The Morgan fingerprint density at radius 1 is 1.62 bits per heavy atom. The van der Waals surface area contributed by atoms with Crippen molar-refractivity contribution < 1.29 is 5.11 Å². The zero-order valence-electron chi connectivity index (χ0n) is 8.21. The Labute approximate surface area is 80.2 Å². The molecule has 13 heavy (non-hydrogen) atoms. The molecule has 0 amide bonds. The Morgan fingerprint density at radius 2 is 2.38 bits per heavy atom. The molecule has 0 aromatic carbocycles. The largest absolute Gasteiger partial charge is 0.396 e. The van der Waals surface area contributed by atoms with Gasteiger partial charge in [-0.25, -0.2) is 0 Å². The number of hydrogen-bond donors (Lipinski definition) is 2. The molecule has 3 N–H and O–H groups in total. The minimum absolute atomic E-state index is 0.316. The Bertz CT molecular complexity index is 170. The van der Waals surface area contributed by atoms with Gasteiger partial charge in [0.1, 0.15) is 0 Å². The molecule has 3 heteroatoms. The molecule has 1 rings (SSSR count). The van der Waals surface area contributed by atoms with E-state index in [1.165, 1.54) is 6.42 Å². The van der Waals surface area contributed by atoms with Gasteiger partial charge in [-0.3, -0.25) is 4.90 Å². The molecule has 0 saturated carbocycles. The van der Waals surface area contributed by atoms with Gasteiger partial charge in [-0.15, -0.1) is 0 Å². The highest BCUT2D eigenvalue weighted by molar-refractivity contribution is 4.99. The number of aliphatic hydroxyl groups is 1. The summed E-state index contributed by atoms with van der Waals surface area (Å²) < 4.78 is 0. The van der Waals surface area contributed by atoms with Crippen molar-refractivity contribution in [2.45, 2.75) is 12.8 Å². The maximum atomic E-state index is 8.78. The predicted octanol–water partition coefficient (Wildman–Crippen LogP) is 0.206. The summed E-state index contributed by atoms with van der Waals surface area (Å²) in [5, 5.41) is 8.78. The Balaban J connectivity index is 2.20. The summed E-state index contributed by atoms with van der Waals surface area (Å²) in [6, 6.07) is 0. The maximum absolute atomic E-state index is 8.78. The molecule has 1 atom stereocenters. The molecule has 76 valence electrons. The van der Waals surface area contributed by atoms with Gasteiger partial charge in [-0.05, 0) is 30.9 Å².